The average Bonchev–Trinajstić information content (AvgIpc) is 2.46. The van der Waals surface area contributed by atoms with Crippen LogP contribution in [0.15, 0.2) is 24.8 Å². The number of rotatable bonds is 0. The topological polar surface area (TPSA) is 104 Å². The fourth-order valence-electron chi connectivity index (χ4n) is 1.65. The van der Waals surface area contributed by atoms with E-state index in [1.807, 2.05) is 0 Å². The first-order valence-corrected chi connectivity index (χ1v) is 5.78. The van der Waals surface area contributed by atoms with E-state index in [1.54, 1.807) is 0 Å². The summed E-state index contributed by atoms with van der Waals surface area (Å²) in [5, 5.41) is 0. The van der Waals surface area contributed by atoms with E-state index >= 15 is 0 Å². The zero-order valence-corrected chi connectivity index (χ0v) is 10.1. The zero-order valence-electron chi connectivity index (χ0n) is 10.1. The number of hydrogen-bond donors (Lipinski definition) is 0. The molecule has 0 fully saturated rings. The Bertz CT molecular complexity index is 629. The van der Waals surface area contributed by atoms with E-state index in [1.165, 1.54) is 24.8 Å². The van der Waals surface area contributed by atoms with Gasteiger partial charge >= 0.3 is 11.9 Å². The second-order valence-corrected chi connectivity index (χ2v) is 3.87. The summed E-state index contributed by atoms with van der Waals surface area (Å²) in [4.78, 5) is 39.2. The standard InChI is InChI=1S/C12H8N4O4/c17-7-1-2-8(18)20-12-10(14-4-6-16-12)9-11(19-7)15-5-3-13-9/h3-6H,1-2H2. The number of aromatic nitrogens is 4. The highest BCUT2D eigenvalue weighted by Crippen LogP contribution is 2.30. The minimum atomic E-state index is -0.587. The van der Waals surface area contributed by atoms with Gasteiger partial charge < -0.3 is 9.47 Å². The van der Waals surface area contributed by atoms with Gasteiger partial charge in [-0.2, -0.15) is 0 Å². The van der Waals surface area contributed by atoms with E-state index in [-0.39, 0.29) is 36.0 Å². The highest BCUT2D eigenvalue weighted by molar-refractivity contribution is 5.83. The van der Waals surface area contributed by atoms with Gasteiger partial charge in [-0.05, 0) is 0 Å². The molecule has 0 amide bonds. The molecule has 100 valence electrons. The summed E-state index contributed by atoms with van der Waals surface area (Å²) in [6, 6.07) is 0. The quantitative estimate of drug-likeness (QED) is 0.640. The van der Waals surface area contributed by atoms with Gasteiger partial charge in [0.1, 0.15) is 0 Å². The average molecular weight is 272 g/mol. The fraction of sp³-hybridized carbons (Fsp3) is 0.167. The van der Waals surface area contributed by atoms with Gasteiger partial charge in [-0.3, -0.25) is 9.59 Å². The van der Waals surface area contributed by atoms with Crippen LogP contribution in [0.25, 0.3) is 11.4 Å². The van der Waals surface area contributed by atoms with E-state index < -0.39 is 11.9 Å². The molecule has 3 rings (SSSR count). The van der Waals surface area contributed by atoms with Crippen LogP contribution in [-0.2, 0) is 9.59 Å². The molecule has 0 N–H and O–H groups in total. The third kappa shape index (κ3) is 2.30. The minimum absolute atomic E-state index is 0.0113. The molecule has 0 saturated heterocycles. The van der Waals surface area contributed by atoms with Crippen molar-refractivity contribution in [3.8, 4) is 23.1 Å². The summed E-state index contributed by atoms with van der Waals surface area (Å²) >= 11 is 0. The van der Waals surface area contributed by atoms with Crippen LogP contribution in [-0.4, -0.2) is 31.9 Å². The van der Waals surface area contributed by atoms with Crippen molar-refractivity contribution in [1.29, 1.82) is 0 Å². The lowest BCUT2D eigenvalue weighted by Gasteiger charge is -2.12. The second-order valence-electron chi connectivity index (χ2n) is 3.87. The maximum Gasteiger partial charge on any atom is 0.313 e. The van der Waals surface area contributed by atoms with Gasteiger partial charge in [-0.15, -0.1) is 0 Å². The van der Waals surface area contributed by atoms with Crippen molar-refractivity contribution in [3.63, 3.8) is 0 Å². The third-order valence-electron chi connectivity index (χ3n) is 2.51. The monoisotopic (exact) mass is 272 g/mol. The van der Waals surface area contributed by atoms with Gasteiger partial charge in [-0.25, -0.2) is 19.9 Å². The van der Waals surface area contributed by atoms with Crippen LogP contribution in [0.2, 0.25) is 0 Å². The van der Waals surface area contributed by atoms with Gasteiger partial charge in [0.2, 0.25) is 0 Å². The highest BCUT2D eigenvalue weighted by atomic mass is 16.6. The first kappa shape index (κ1) is 12.2. The molecule has 3 heterocycles. The molecule has 0 saturated carbocycles. The Labute approximate surface area is 112 Å². The van der Waals surface area contributed by atoms with Crippen molar-refractivity contribution in [3.05, 3.63) is 24.8 Å². The molecule has 0 atom stereocenters. The molecule has 2 aromatic heterocycles. The summed E-state index contributed by atoms with van der Waals surface area (Å²) in [7, 11) is 0. The lowest BCUT2D eigenvalue weighted by Crippen LogP contribution is -2.18. The molecule has 0 aromatic carbocycles. The van der Waals surface area contributed by atoms with Crippen molar-refractivity contribution in [2.75, 3.05) is 0 Å². The molecule has 0 spiro atoms. The molecule has 8 nitrogen and oxygen atoms in total. The molecular formula is C12H8N4O4. The van der Waals surface area contributed by atoms with Gasteiger partial charge in [0.05, 0.1) is 12.8 Å². The zero-order chi connectivity index (χ0) is 13.9. The molecule has 0 aliphatic carbocycles. The number of hydrogen-bond acceptors (Lipinski definition) is 8. The molecule has 1 aliphatic heterocycles. The van der Waals surface area contributed by atoms with Gasteiger partial charge in [-0.1, -0.05) is 0 Å². The molecule has 2 aromatic rings. The SMILES string of the molecule is O=C1CCC(=O)Oc2nccnc2-c2nccnc2O1. The molecule has 0 unspecified atom stereocenters. The molecule has 1 aliphatic rings. The maximum atomic E-state index is 11.6. The van der Waals surface area contributed by atoms with Gasteiger partial charge in [0.15, 0.2) is 11.4 Å². The van der Waals surface area contributed by atoms with Crippen LogP contribution < -0.4 is 9.47 Å². The van der Waals surface area contributed by atoms with Crippen molar-refractivity contribution in [1.82, 2.24) is 19.9 Å². The number of esters is 2. The summed E-state index contributed by atoms with van der Waals surface area (Å²) in [5.41, 5.74) is 0.386. The van der Waals surface area contributed by atoms with Crippen LogP contribution in [0, 0.1) is 0 Å². The van der Waals surface area contributed by atoms with E-state index in [4.69, 9.17) is 9.47 Å². The Hall–Kier alpha value is -2.90. The normalized spacial score (nSPS) is 14.6. The molecule has 0 bridgehead atoms. The first-order chi connectivity index (χ1) is 9.74. The number of carbonyl (C=O) groups excluding carboxylic acids is 2. The van der Waals surface area contributed by atoms with Crippen LogP contribution >= 0.6 is 0 Å². The maximum absolute atomic E-state index is 11.6. The summed E-state index contributed by atoms with van der Waals surface area (Å²) in [5.74, 6) is -1.15. The van der Waals surface area contributed by atoms with Crippen LogP contribution in [0.5, 0.6) is 11.8 Å². The van der Waals surface area contributed by atoms with Crippen LogP contribution in [0.4, 0.5) is 0 Å². The number of ether oxygens (including phenoxy) is 2. The molecular weight excluding hydrogens is 264 g/mol. The largest absolute Gasteiger partial charge is 0.405 e. The Morgan fingerprint density at radius 1 is 0.700 bits per heavy atom. The van der Waals surface area contributed by atoms with Gasteiger partial charge in [0, 0.05) is 24.8 Å². The van der Waals surface area contributed by atoms with Crippen molar-refractivity contribution in [2.45, 2.75) is 12.8 Å². The second kappa shape index (κ2) is 5.00. The van der Waals surface area contributed by atoms with E-state index in [0.29, 0.717) is 0 Å². The van der Waals surface area contributed by atoms with E-state index in [0.717, 1.165) is 0 Å². The molecule has 20 heavy (non-hydrogen) atoms. The van der Waals surface area contributed by atoms with E-state index in [9.17, 15) is 9.59 Å². The highest BCUT2D eigenvalue weighted by Gasteiger charge is 2.23. The Kier molecular flexibility index (Phi) is 3.04. The van der Waals surface area contributed by atoms with Gasteiger partial charge in [0.25, 0.3) is 11.8 Å². The van der Waals surface area contributed by atoms with Crippen molar-refractivity contribution in [2.24, 2.45) is 0 Å². The Morgan fingerprint density at radius 3 is 1.55 bits per heavy atom. The number of carbonyl (C=O) groups is 2. The lowest BCUT2D eigenvalue weighted by atomic mass is 10.2. The number of fused-ring (bicyclic) bond motifs is 3. The Morgan fingerprint density at radius 2 is 1.10 bits per heavy atom. The minimum Gasteiger partial charge on any atom is -0.405 e. The predicted molar refractivity (Wildman–Crippen MR) is 63.6 cm³/mol. The summed E-state index contributed by atoms with van der Waals surface area (Å²) in [6.07, 6.45) is 5.40. The number of nitrogens with zero attached hydrogens (tertiary/aromatic N) is 4. The predicted octanol–water partition coefficient (Wildman–Crippen LogP) is 0.538. The molecule has 8 heteroatoms. The first-order valence-electron chi connectivity index (χ1n) is 5.78. The van der Waals surface area contributed by atoms with Crippen LogP contribution in [0.3, 0.4) is 0 Å². The fourth-order valence-corrected chi connectivity index (χ4v) is 1.65. The van der Waals surface area contributed by atoms with Crippen molar-refractivity contribution < 1.29 is 19.1 Å². The van der Waals surface area contributed by atoms with Crippen LogP contribution in [0.1, 0.15) is 12.8 Å². The summed E-state index contributed by atoms with van der Waals surface area (Å²) < 4.78 is 10.2. The summed E-state index contributed by atoms with van der Waals surface area (Å²) in [6.45, 7) is 0. The third-order valence-corrected chi connectivity index (χ3v) is 2.51. The smallest absolute Gasteiger partial charge is 0.313 e. The van der Waals surface area contributed by atoms with E-state index in [2.05, 4.69) is 19.9 Å². The Balaban J connectivity index is 2.18. The van der Waals surface area contributed by atoms with Crippen molar-refractivity contribution >= 4 is 11.9 Å². The molecule has 0 radical (unpaired) electrons. The lowest BCUT2D eigenvalue weighted by molar-refractivity contribution is -0.141.